The summed E-state index contributed by atoms with van der Waals surface area (Å²) < 4.78 is 165. The molecule has 4 rings (SSSR count). The lowest BCUT2D eigenvalue weighted by atomic mass is 9.94. The number of alkyl halides is 12. The third-order valence-corrected chi connectivity index (χ3v) is 9.26. The molecule has 0 spiro atoms. The minimum atomic E-state index is -5.32. The van der Waals surface area contributed by atoms with Crippen molar-refractivity contribution in [3.8, 4) is 0 Å². The van der Waals surface area contributed by atoms with Crippen molar-refractivity contribution in [3.05, 3.63) is 130 Å². The number of aliphatic imine (C=N–C) groups is 1. The predicted molar refractivity (Wildman–Crippen MR) is 155 cm³/mol. The van der Waals surface area contributed by atoms with Gasteiger partial charge in [0.2, 0.25) is 0 Å². The minimum Gasteiger partial charge on any atom is -0.322 e. The van der Waals surface area contributed by atoms with Crippen molar-refractivity contribution in [2.75, 3.05) is 6.16 Å². The molecular weight excluding hydrogens is 671 g/mol. The molecule has 0 saturated heterocycles. The predicted octanol–water partition coefficient (Wildman–Crippen LogP) is 9.71. The number of benzene rings is 4. The van der Waals surface area contributed by atoms with Crippen LogP contribution in [0.5, 0.6) is 0 Å². The Balaban J connectivity index is 1.92. The van der Waals surface area contributed by atoms with E-state index in [9.17, 15) is 52.7 Å². The first-order chi connectivity index (χ1) is 21.7. The van der Waals surface area contributed by atoms with E-state index in [0.717, 1.165) is 6.21 Å². The SMILES string of the molecule is N[C@@H](c1ccccc1)[C@@H](N=CCP(c1cc(C(F)(F)F)cc(C(F)(F)F)c1)c1cc(C(F)(F)F)cc(C(F)(F)F)c1)c1ccccc1. The third kappa shape index (κ3) is 9.13. The van der Waals surface area contributed by atoms with Gasteiger partial charge in [-0.3, -0.25) is 4.99 Å². The van der Waals surface area contributed by atoms with Crippen LogP contribution in [0.4, 0.5) is 52.7 Å². The highest BCUT2D eigenvalue weighted by Gasteiger charge is 2.40. The van der Waals surface area contributed by atoms with E-state index in [1.54, 1.807) is 60.7 Å². The molecule has 0 unspecified atom stereocenters. The molecule has 0 amide bonds. The standard InChI is InChI=1S/C32H23F12N2P/c33-29(34,35)21-13-22(30(36,37)38)16-25(15-21)47(26-17-23(31(39,40)41)14-24(18-26)32(42,43)44)12-11-46-28(20-9-5-2-6-10-20)27(45)19-7-3-1-4-8-19/h1-11,13-18,27-28H,12,45H2/t27-,28-/m0/s1. The molecule has 4 aromatic carbocycles. The summed E-state index contributed by atoms with van der Waals surface area (Å²) in [5, 5.41) is -1.52. The van der Waals surface area contributed by atoms with Crippen LogP contribution in [0.25, 0.3) is 0 Å². The van der Waals surface area contributed by atoms with Gasteiger partial charge < -0.3 is 5.73 Å². The fourth-order valence-electron chi connectivity index (χ4n) is 4.68. The number of nitrogens with two attached hydrogens (primary N) is 1. The second-order valence-electron chi connectivity index (χ2n) is 10.3. The van der Waals surface area contributed by atoms with E-state index >= 15 is 0 Å². The molecule has 0 heterocycles. The normalized spacial score (nSPS) is 14.5. The van der Waals surface area contributed by atoms with Crippen molar-refractivity contribution >= 4 is 24.7 Å². The Labute approximate surface area is 261 Å². The Morgan fingerprint density at radius 2 is 0.872 bits per heavy atom. The summed E-state index contributed by atoms with van der Waals surface area (Å²) in [7, 11) is -2.77. The Kier molecular flexibility index (Phi) is 10.5. The summed E-state index contributed by atoms with van der Waals surface area (Å²) in [6, 6.07) is 15.9. The summed E-state index contributed by atoms with van der Waals surface area (Å²) in [5.74, 6) is 0. The van der Waals surface area contributed by atoms with Gasteiger partial charge in [0.05, 0.1) is 34.3 Å². The first-order valence-corrected chi connectivity index (χ1v) is 15.0. The molecule has 0 aromatic heterocycles. The Morgan fingerprint density at radius 1 is 0.532 bits per heavy atom. The van der Waals surface area contributed by atoms with Crippen molar-refractivity contribution in [1.29, 1.82) is 0 Å². The van der Waals surface area contributed by atoms with Crippen LogP contribution in [-0.2, 0) is 24.7 Å². The maximum atomic E-state index is 13.7. The molecule has 0 bridgehead atoms. The first kappa shape index (κ1) is 35.9. The Morgan fingerprint density at radius 3 is 1.21 bits per heavy atom. The molecule has 0 aliphatic heterocycles. The van der Waals surface area contributed by atoms with Crippen molar-refractivity contribution in [3.63, 3.8) is 0 Å². The number of halogens is 12. The first-order valence-electron chi connectivity index (χ1n) is 13.5. The Hall–Kier alpha value is -3.90. The molecule has 2 atom stereocenters. The zero-order valence-electron chi connectivity index (χ0n) is 23.7. The molecular formula is C32H23F12N2P. The van der Waals surface area contributed by atoms with Gasteiger partial charge in [0.15, 0.2) is 0 Å². The molecule has 0 aliphatic carbocycles. The van der Waals surface area contributed by atoms with Gasteiger partial charge in [-0.15, -0.1) is 0 Å². The van der Waals surface area contributed by atoms with E-state index in [2.05, 4.69) is 4.99 Å². The maximum Gasteiger partial charge on any atom is 0.416 e. The molecule has 0 aliphatic rings. The number of hydrogen-bond acceptors (Lipinski definition) is 2. The molecule has 15 heteroatoms. The van der Waals surface area contributed by atoms with E-state index in [-0.39, 0.29) is 12.1 Å². The fourth-order valence-corrected chi connectivity index (χ4v) is 6.84. The smallest absolute Gasteiger partial charge is 0.322 e. The van der Waals surface area contributed by atoms with Gasteiger partial charge in [-0.25, -0.2) is 0 Å². The summed E-state index contributed by atoms with van der Waals surface area (Å²) in [6.07, 6.45) is -20.9. The van der Waals surface area contributed by atoms with Crippen LogP contribution >= 0.6 is 7.92 Å². The van der Waals surface area contributed by atoms with Gasteiger partial charge in [0, 0.05) is 12.4 Å². The quantitative estimate of drug-likeness (QED) is 0.111. The van der Waals surface area contributed by atoms with Crippen LogP contribution in [0, 0.1) is 0 Å². The van der Waals surface area contributed by atoms with Crippen LogP contribution < -0.4 is 16.3 Å². The zero-order valence-corrected chi connectivity index (χ0v) is 24.6. The van der Waals surface area contributed by atoms with Crippen molar-refractivity contribution < 1.29 is 52.7 Å². The van der Waals surface area contributed by atoms with Crippen LogP contribution in [0.3, 0.4) is 0 Å². The van der Waals surface area contributed by atoms with Gasteiger partial charge >= 0.3 is 24.7 Å². The van der Waals surface area contributed by atoms with Crippen molar-refractivity contribution in [2.24, 2.45) is 10.7 Å². The lowest BCUT2D eigenvalue weighted by Crippen LogP contribution is -2.23. The average molecular weight is 695 g/mol. The second kappa shape index (κ2) is 13.7. The average Bonchev–Trinajstić information content (AvgIpc) is 2.99. The second-order valence-corrected chi connectivity index (χ2v) is 12.5. The van der Waals surface area contributed by atoms with Gasteiger partial charge in [0.1, 0.15) is 0 Å². The lowest BCUT2D eigenvalue weighted by Gasteiger charge is -2.24. The highest BCUT2D eigenvalue weighted by molar-refractivity contribution is 7.73. The van der Waals surface area contributed by atoms with Crippen LogP contribution in [-0.4, -0.2) is 12.4 Å². The third-order valence-electron chi connectivity index (χ3n) is 6.96. The van der Waals surface area contributed by atoms with E-state index < -0.39 is 83.7 Å². The molecule has 4 aromatic rings. The topological polar surface area (TPSA) is 38.4 Å². The minimum absolute atomic E-state index is 0.178. The number of nitrogens with zero attached hydrogens (tertiary/aromatic N) is 1. The molecule has 2 N–H and O–H groups in total. The molecule has 47 heavy (non-hydrogen) atoms. The molecule has 0 fully saturated rings. The van der Waals surface area contributed by atoms with E-state index in [1.165, 1.54) is 0 Å². The Bertz CT molecular complexity index is 1540. The van der Waals surface area contributed by atoms with Gasteiger partial charge in [-0.05, 0) is 66.1 Å². The number of rotatable bonds is 8. The lowest BCUT2D eigenvalue weighted by molar-refractivity contribution is -0.144. The van der Waals surface area contributed by atoms with Crippen molar-refractivity contribution in [2.45, 2.75) is 36.8 Å². The molecule has 2 nitrogen and oxygen atoms in total. The van der Waals surface area contributed by atoms with Gasteiger partial charge in [-0.2, -0.15) is 52.7 Å². The highest BCUT2D eigenvalue weighted by atomic mass is 31.1. The highest BCUT2D eigenvalue weighted by Crippen LogP contribution is 2.43. The van der Waals surface area contributed by atoms with Crippen molar-refractivity contribution in [1.82, 2.24) is 0 Å². The zero-order chi connectivity index (χ0) is 34.8. The van der Waals surface area contributed by atoms with Crippen LogP contribution in [0.2, 0.25) is 0 Å². The summed E-state index contributed by atoms with van der Waals surface area (Å²) in [5.41, 5.74) is 0.514. The van der Waals surface area contributed by atoms with E-state index in [4.69, 9.17) is 5.73 Å². The maximum absolute atomic E-state index is 13.7. The van der Waals surface area contributed by atoms with Gasteiger partial charge in [-0.1, -0.05) is 60.7 Å². The summed E-state index contributed by atoms with van der Waals surface area (Å²) in [4.78, 5) is 4.42. The molecule has 0 radical (unpaired) electrons. The molecule has 0 saturated carbocycles. The number of hydrogen-bond donors (Lipinski definition) is 1. The van der Waals surface area contributed by atoms with E-state index in [0.29, 0.717) is 35.4 Å². The van der Waals surface area contributed by atoms with Gasteiger partial charge in [0.25, 0.3) is 0 Å². The molecule has 250 valence electrons. The van der Waals surface area contributed by atoms with E-state index in [1.807, 2.05) is 0 Å². The van der Waals surface area contributed by atoms with Crippen LogP contribution in [0.15, 0.2) is 102 Å². The summed E-state index contributed by atoms with van der Waals surface area (Å²) >= 11 is 0. The van der Waals surface area contributed by atoms with Crippen LogP contribution in [0.1, 0.15) is 45.5 Å². The monoisotopic (exact) mass is 694 g/mol. The fraction of sp³-hybridized carbons (Fsp3) is 0.219. The largest absolute Gasteiger partial charge is 0.416 e. The summed E-state index contributed by atoms with van der Waals surface area (Å²) in [6.45, 7) is 0.